The molecular formula is C62H121NO13. The maximum atomic E-state index is 13.3. The van der Waals surface area contributed by atoms with Crippen LogP contribution in [0.1, 0.15) is 296 Å². The summed E-state index contributed by atoms with van der Waals surface area (Å²) < 4.78 is 22.8. The van der Waals surface area contributed by atoms with Crippen LogP contribution in [0, 0.1) is 0 Å². The van der Waals surface area contributed by atoms with Crippen LogP contribution < -0.4 is 5.32 Å². The van der Waals surface area contributed by atoms with Crippen LogP contribution in [0.4, 0.5) is 0 Å². The van der Waals surface area contributed by atoms with Gasteiger partial charge in [-0.15, -0.1) is 0 Å². The number of unbranched alkanes of at least 4 members (excludes halogenated alkanes) is 40. The molecule has 2 aliphatic rings. The smallest absolute Gasteiger partial charge is 0.220 e. The Bertz CT molecular complexity index is 1280. The van der Waals surface area contributed by atoms with Crippen molar-refractivity contribution >= 4 is 5.91 Å². The van der Waals surface area contributed by atoms with E-state index in [9.17, 15) is 45.6 Å². The zero-order valence-electron chi connectivity index (χ0n) is 48.8. The minimum absolute atomic E-state index is 0.200. The number of hydrogen-bond acceptors (Lipinski definition) is 13. The Morgan fingerprint density at radius 2 is 0.750 bits per heavy atom. The Morgan fingerprint density at radius 3 is 1.12 bits per heavy atom. The molecule has 2 aliphatic heterocycles. The number of amides is 1. The Labute approximate surface area is 464 Å². The fraction of sp³-hybridized carbons (Fsp3) is 0.984. The van der Waals surface area contributed by atoms with E-state index < -0.39 is 86.8 Å². The van der Waals surface area contributed by atoms with Gasteiger partial charge in [0.15, 0.2) is 12.6 Å². The Kier molecular flexibility index (Phi) is 45.5. The molecule has 12 atom stereocenters. The van der Waals surface area contributed by atoms with E-state index in [-0.39, 0.29) is 12.5 Å². The third kappa shape index (κ3) is 33.7. The van der Waals surface area contributed by atoms with Gasteiger partial charge in [-0.3, -0.25) is 4.79 Å². The Balaban J connectivity index is 1.64. The average molecular weight is 1090 g/mol. The highest BCUT2D eigenvalue weighted by molar-refractivity contribution is 5.76. The quantitative estimate of drug-likeness (QED) is 0.0259. The van der Waals surface area contributed by atoms with Crippen LogP contribution in [-0.4, -0.2) is 140 Å². The molecule has 14 nitrogen and oxygen atoms in total. The summed E-state index contributed by atoms with van der Waals surface area (Å²) in [6, 6.07) is -0.822. The van der Waals surface area contributed by atoms with Crippen LogP contribution in [0.2, 0.25) is 0 Å². The fourth-order valence-corrected chi connectivity index (χ4v) is 11.1. The van der Waals surface area contributed by atoms with E-state index >= 15 is 0 Å². The molecule has 0 aliphatic carbocycles. The molecule has 12 unspecified atom stereocenters. The van der Waals surface area contributed by atoms with Gasteiger partial charge >= 0.3 is 0 Å². The number of carbonyl (C=O) groups is 1. The Morgan fingerprint density at radius 1 is 0.421 bits per heavy atom. The summed E-state index contributed by atoms with van der Waals surface area (Å²) in [6.45, 7) is 2.90. The predicted octanol–water partition coefficient (Wildman–Crippen LogP) is 11.7. The summed E-state index contributed by atoms with van der Waals surface area (Å²) in [5.41, 5.74) is 0. The molecule has 2 saturated heterocycles. The second-order valence-electron chi connectivity index (χ2n) is 23.3. The molecule has 452 valence electrons. The van der Waals surface area contributed by atoms with Gasteiger partial charge in [-0.05, 0) is 12.8 Å². The minimum atomic E-state index is -1.78. The van der Waals surface area contributed by atoms with E-state index in [1.807, 2.05) is 0 Å². The molecule has 0 radical (unpaired) electrons. The summed E-state index contributed by atoms with van der Waals surface area (Å²) in [5.74, 6) is -0.200. The zero-order chi connectivity index (χ0) is 55.3. The number of nitrogens with one attached hydrogen (secondary N) is 1. The molecule has 0 saturated carbocycles. The highest BCUT2D eigenvalue weighted by atomic mass is 16.7. The lowest BCUT2D eigenvalue weighted by molar-refractivity contribution is -0.359. The van der Waals surface area contributed by atoms with Crippen molar-refractivity contribution in [2.24, 2.45) is 0 Å². The van der Waals surface area contributed by atoms with E-state index in [2.05, 4.69) is 19.2 Å². The molecule has 0 aromatic carbocycles. The van der Waals surface area contributed by atoms with Crippen molar-refractivity contribution in [1.82, 2.24) is 5.32 Å². The van der Waals surface area contributed by atoms with Crippen molar-refractivity contribution in [2.75, 3.05) is 19.8 Å². The first-order valence-electron chi connectivity index (χ1n) is 32.3. The molecule has 0 spiro atoms. The monoisotopic (exact) mass is 1090 g/mol. The number of ether oxygens (including phenoxy) is 4. The van der Waals surface area contributed by atoms with Crippen LogP contribution in [0.5, 0.6) is 0 Å². The fourth-order valence-electron chi connectivity index (χ4n) is 11.1. The molecule has 0 aromatic heterocycles. The average Bonchev–Trinajstić information content (AvgIpc) is 3.42. The van der Waals surface area contributed by atoms with Gasteiger partial charge in [-0.25, -0.2) is 0 Å². The van der Waals surface area contributed by atoms with Crippen LogP contribution in [0.3, 0.4) is 0 Å². The summed E-state index contributed by atoms with van der Waals surface area (Å²) in [5, 5.41) is 87.3. The lowest BCUT2D eigenvalue weighted by atomic mass is 9.97. The van der Waals surface area contributed by atoms with Gasteiger partial charge in [-0.2, -0.15) is 0 Å². The van der Waals surface area contributed by atoms with Crippen molar-refractivity contribution in [3.05, 3.63) is 0 Å². The van der Waals surface area contributed by atoms with E-state index in [1.165, 1.54) is 218 Å². The highest BCUT2D eigenvalue weighted by Crippen LogP contribution is 2.30. The lowest BCUT2D eigenvalue weighted by Crippen LogP contribution is -2.65. The molecule has 0 aromatic rings. The molecule has 14 heteroatoms. The summed E-state index contributed by atoms with van der Waals surface area (Å²) >= 11 is 0. The van der Waals surface area contributed by atoms with Gasteiger partial charge in [0.2, 0.25) is 5.91 Å². The minimum Gasteiger partial charge on any atom is -0.394 e. The summed E-state index contributed by atoms with van der Waals surface area (Å²) in [6.07, 6.45) is 38.4. The molecule has 2 heterocycles. The van der Waals surface area contributed by atoms with E-state index in [1.54, 1.807) is 0 Å². The van der Waals surface area contributed by atoms with Crippen molar-refractivity contribution in [3.63, 3.8) is 0 Å². The third-order valence-electron chi connectivity index (χ3n) is 16.3. The predicted molar refractivity (Wildman–Crippen MR) is 305 cm³/mol. The number of rotatable bonds is 53. The molecule has 0 bridgehead atoms. The van der Waals surface area contributed by atoms with Crippen LogP contribution in [-0.2, 0) is 23.7 Å². The first-order chi connectivity index (χ1) is 37.1. The van der Waals surface area contributed by atoms with Gasteiger partial charge < -0.3 is 65.1 Å². The van der Waals surface area contributed by atoms with Crippen LogP contribution >= 0.6 is 0 Å². The SMILES string of the molecule is CCCCCCCCCCCCCCCCCCCCCCCCCCCCCCCC(=O)NC(COC1OC(CO)C(OC2OC(CO)C(O)C(O)C2O)C(O)C1O)C(O)CCCCCCCCCCCCCCC. The van der Waals surface area contributed by atoms with Crippen LogP contribution in [0.25, 0.3) is 0 Å². The molecule has 2 fully saturated rings. The van der Waals surface area contributed by atoms with Gasteiger partial charge in [0, 0.05) is 6.42 Å². The van der Waals surface area contributed by atoms with Gasteiger partial charge in [0.1, 0.15) is 48.8 Å². The zero-order valence-corrected chi connectivity index (χ0v) is 48.8. The van der Waals surface area contributed by atoms with Gasteiger partial charge in [0.05, 0.1) is 32.0 Å². The van der Waals surface area contributed by atoms with E-state index in [0.717, 1.165) is 51.4 Å². The van der Waals surface area contributed by atoms with E-state index in [0.29, 0.717) is 12.8 Å². The Hall–Kier alpha value is -1.01. The van der Waals surface area contributed by atoms with Crippen molar-refractivity contribution in [1.29, 1.82) is 0 Å². The molecule has 2 rings (SSSR count). The van der Waals surface area contributed by atoms with Crippen molar-refractivity contribution in [2.45, 2.75) is 370 Å². The van der Waals surface area contributed by atoms with Crippen molar-refractivity contribution < 1.29 is 64.6 Å². The lowest BCUT2D eigenvalue weighted by Gasteiger charge is -2.46. The first-order valence-corrected chi connectivity index (χ1v) is 32.3. The largest absolute Gasteiger partial charge is 0.394 e. The molecular weight excluding hydrogens is 967 g/mol. The summed E-state index contributed by atoms with van der Waals surface area (Å²) in [4.78, 5) is 13.3. The van der Waals surface area contributed by atoms with Crippen molar-refractivity contribution in [3.8, 4) is 0 Å². The number of aliphatic hydroxyl groups excluding tert-OH is 8. The number of carbonyl (C=O) groups excluding carboxylic acids is 1. The second kappa shape index (κ2) is 48.7. The standard InChI is InChI=1S/C62H121NO13/c1-3-5-7-9-11-13-15-17-18-19-20-21-22-23-24-25-26-27-28-29-30-31-32-34-36-38-40-42-44-46-54(67)63-50(51(66)45-43-41-39-37-35-33-16-14-12-10-8-6-4-2)49-73-61-59(72)57(70)60(53(48-65)75-61)76-62-58(71)56(69)55(68)52(47-64)74-62/h50-53,55-62,64-66,68-72H,3-49H2,1-2H3,(H,63,67). The van der Waals surface area contributed by atoms with Gasteiger partial charge in [-0.1, -0.05) is 277 Å². The normalized spacial score (nSPS) is 24.8. The van der Waals surface area contributed by atoms with Gasteiger partial charge in [0.25, 0.3) is 0 Å². The molecule has 76 heavy (non-hydrogen) atoms. The molecule has 9 N–H and O–H groups in total. The summed E-state index contributed by atoms with van der Waals surface area (Å²) in [7, 11) is 0. The maximum absolute atomic E-state index is 13.3. The number of hydrogen-bond donors (Lipinski definition) is 9. The highest BCUT2D eigenvalue weighted by Gasteiger charge is 2.51. The van der Waals surface area contributed by atoms with E-state index in [4.69, 9.17) is 18.9 Å². The topological polar surface area (TPSA) is 228 Å². The van der Waals surface area contributed by atoms with Crippen LogP contribution in [0.15, 0.2) is 0 Å². The third-order valence-corrected chi connectivity index (χ3v) is 16.3. The number of aliphatic hydroxyl groups is 8. The second-order valence-corrected chi connectivity index (χ2v) is 23.3. The maximum Gasteiger partial charge on any atom is 0.220 e. The first kappa shape index (κ1) is 71.1. The molecule has 1 amide bonds.